The number of nitriles is 1. The lowest BCUT2D eigenvalue weighted by molar-refractivity contribution is -0.117. The first kappa shape index (κ1) is 23.4. The van der Waals surface area contributed by atoms with Crippen LogP contribution in [0.5, 0.6) is 0 Å². The van der Waals surface area contributed by atoms with E-state index in [0.717, 1.165) is 53.2 Å². The van der Waals surface area contributed by atoms with E-state index in [-0.39, 0.29) is 11.9 Å². The number of amides is 1. The van der Waals surface area contributed by atoms with Crippen LogP contribution in [0.1, 0.15) is 38.7 Å². The van der Waals surface area contributed by atoms with Crippen LogP contribution in [0.25, 0.3) is 11.1 Å². The molecule has 1 saturated heterocycles. The highest BCUT2D eigenvalue weighted by Crippen LogP contribution is 2.29. The maximum Gasteiger partial charge on any atom is 0.247 e. The van der Waals surface area contributed by atoms with Gasteiger partial charge in [0.2, 0.25) is 5.91 Å². The topological polar surface area (TPSA) is 56.1 Å². The highest BCUT2D eigenvalue weighted by Gasteiger charge is 2.29. The number of rotatable bonds is 4. The van der Waals surface area contributed by atoms with Crippen molar-refractivity contribution in [3.8, 4) is 17.2 Å². The quantitative estimate of drug-likeness (QED) is 0.450. The molecule has 32 heavy (non-hydrogen) atoms. The normalized spacial score (nSPS) is 15.2. The highest BCUT2D eigenvalue weighted by molar-refractivity contribution is 7.80. The van der Waals surface area contributed by atoms with Crippen LogP contribution in [0.2, 0.25) is 0 Å². The summed E-state index contributed by atoms with van der Waals surface area (Å²) < 4.78 is 0. The Hall–Kier alpha value is -3.23. The predicted octanol–water partition coefficient (Wildman–Crippen LogP) is 6.54. The second-order valence-electron chi connectivity index (χ2n) is 7.45. The molecule has 3 aromatic rings. The van der Waals surface area contributed by atoms with Crippen LogP contribution in [0.15, 0.2) is 77.7 Å². The second-order valence-corrected chi connectivity index (χ2v) is 7.93. The van der Waals surface area contributed by atoms with Crippen LogP contribution in [-0.4, -0.2) is 18.5 Å². The number of hydrogen-bond donors (Lipinski definition) is 2. The molecule has 0 aromatic heterocycles. The smallest absolute Gasteiger partial charge is 0.247 e. The average Bonchev–Trinajstić information content (AvgIpc) is 2.86. The van der Waals surface area contributed by atoms with E-state index in [1.807, 2.05) is 80.6 Å². The van der Waals surface area contributed by atoms with Crippen molar-refractivity contribution < 1.29 is 4.79 Å². The molecule has 1 aliphatic heterocycles. The first-order valence-electron chi connectivity index (χ1n) is 11.1. The summed E-state index contributed by atoms with van der Waals surface area (Å²) in [5.74, 6) is -0.0144. The minimum absolute atomic E-state index is 0.0144. The molecule has 1 atom stereocenters. The molecule has 1 unspecified atom stereocenters. The minimum Gasteiger partial charge on any atom is -0.359 e. The van der Waals surface area contributed by atoms with Crippen molar-refractivity contribution in [1.29, 1.82) is 5.26 Å². The van der Waals surface area contributed by atoms with Crippen LogP contribution in [-0.2, 0) is 4.79 Å². The molecule has 1 amide bonds. The molecule has 1 heterocycles. The fourth-order valence-corrected chi connectivity index (χ4v) is 4.23. The molecule has 0 saturated carbocycles. The van der Waals surface area contributed by atoms with Gasteiger partial charge in [-0.05, 0) is 66.8 Å². The molecule has 0 bridgehead atoms. The van der Waals surface area contributed by atoms with Gasteiger partial charge in [0, 0.05) is 22.8 Å². The van der Waals surface area contributed by atoms with E-state index in [1.54, 1.807) is 6.07 Å². The summed E-state index contributed by atoms with van der Waals surface area (Å²) in [6.45, 7) is 4.81. The number of anilines is 2. The van der Waals surface area contributed by atoms with E-state index >= 15 is 0 Å². The van der Waals surface area contributed by atoms with E-state index in [9.17, 15) is 10.1 Å². The number of benzene rings is 3. The molecule has 4 rings (SSSR count). The zero-order valence-corrected chi connectivity index (χ0v) is 19.5. The lowest BCUT2D eigenvalue weighted by atomic mass is 9.99. The first-order chi connectivity index (χ1) is 15.7. The van der Waals surface area contributed by atoms with Crippen molar-refractivity contribution in [2.24, 2.45) is 0 Å². The molecule has 1 N–H and O–H groups in total. The predicted molar refractivity (Wildman–Crippen MR) is 135 cm³/mol. The van der Waals surface area contributed by atoms with Crippen molar-refractivity contribution in [2.45, 2.75) is 44.0 Å². The van der Waals surface area contributed by atoms with E-state index in [2.05, 4.69) is 28.9 Å². The summed E-state index contributed by atoms with van der Waals surface area (Å²) in [5, 5.41) is 12.3. The Morgan fingerprint density at radius 2 is 1.78 bits per heavy atom. The van der Waals surface area contributed by atoms with Gasteiger partial charge in [0.25, 0.3) is 0 Å². The van der Waals surface area contributed by atoms with Gasteiger partial charge < -0.3 is 10.2 Å². The van der Waals surface area contributed by atoms with Crippen molar-refractivity contribution in [3.63, 3.8) is 0 Å². The summed E-state index contributed by atoms with van der Waals surface area (Å²) in [6.07, 6.45) is 2.86. The molecule has 0 radical (unpaired) electrons. The van der Waals surface area contributed by atoms with Crippen LogP contribution >= 0.6 is 12.6 Å². The summed E-state index contributed by atoms with van der Waals surface area (Å²) in [4.78, 5) is 16.1. The van der Waals surface area contributed by atoms with Gasteiger partial charge in [0.05, 0.1) is 11.6 Å². The SMILES string of the molecule is CC.N#Cc1cccc(N2CCCCC2C(=O)Nc2ccc(-c3ccccc3S)cc2)c1. The van der Waals surface area contributed by atoms with E-state index < -0.39 is 0 Å². The Balaban J connectivity index is 0.00000141. The van der Waals surface area contributed by atoms with Gasteiger partial charge in [-0.3, -0.25) is 4.79 Å². The Morgan fingerprint density at radius 1 is 1.03 bits per heavy atom. The standard InChI is InChI=1S/C25H23N3OS.C2H6/c26-17-18-6-5-7-21(16-18)28-15-4-3-9-23(28)25(29)27-20-13-11-19(12-14-20)22-8-1-2-10-24(22)30;1-2/h1-2,5-8,10-14,16,23,30H,3-4,9,15H2,(H,27,29);1-2H3. The number of nitrogens with one attached hydrogen (secondary N) is 1. The molecule has 4 nitrogen and oxygen atoms in total. The molecular weight excluding hydrogens is 414 g/mol. The fraction of sp³-hybridized carbons (Fsp3) is 0.259. The van der Waals surface area contributed by atoms with Crippen molar-refractivity contribution in [1.82, 2.24) is 0 Å². The Labute approximate surface area is 196 Å². The zero-order valence-electron chi connectivity index (χ0n) is 18.6. The van der Waals surface area contributed by atoms with Crippen molar-refractivity contribution in [2.75, 3.05) is 16.8 Å². The van der Waals surface area contributed by atoms with Crippen molar-refractivity contribution >= 4 is 29.9 Å². The van der Waals surface area contributed by atoms with E-state index in [0.29, 0.717) is 5.56 Å². The Morgan fingerprint density at radius 3 is 2.50 bits per heavy atom. The Bertz CT molecular complexity index is 1090. The van der Waals surface area contributed by atoms with Crippen LogP contribution in [0.3, 0.4) is 0 Å². The monoisotopic (exact) mass is 443 g/mol. The molecular formula is C27H29N3OS. The van der Waals surface area contributed by atoms with Gasteiger partial charge in [-0.2, -0.15) is 5.26 Å². The van der Waals surface area contributed by atoms with Gasteiger partial charge in [0.15, 0.2) is 0 Å². The molecule has 5 heteroatoms. The van der Waals surface area contributed by atoms with E-state index in [4.69, 9.17) is 0 Å². The van der Waals surface area contributed by atoms with Gasteiger partial charge in [-0.25, -0.2) is 0 Å². The highest BCUT2D eigenvalue weighted by atomic mass is 32.1. The van der Waals surface area contributed by atoms with E-state index in [1.165, 1.54) is 0 Å². The van der Waals surface area contributed by atoms with Crippen molar-refractivity contribution in [3.05, 3.63) is 78.4 Å². The lowest BCUT2D eigenvalue weighted by Gasteiger charge is -2.36. The van der Waals surface area contributed by atoms with Crippen LogP contribution in [0, 0.1) is 11.3 Å². The van der Waals surface area contributed by atoms with Gasteiger partial charge >= 0.3 is 0 Å². The molecule has 1 aliphatic rings. The molecule has 3 aromatic carbocycles. The van der Waals surface area contributed by atoms with Crippen LogP contribution in [0.4, 0.5) is 11.4 Å². The van der Waals surface area contributed by atoms with Gasteiger partial charge in [0.1, 0.15) is 6.04 Å². The number of nitrogens with zero attached hydrogens (tertiary/aromatic N) is 2. The summed E-state index contributed by atoms with van der Waals surface area (Å²) >= 11 is 4.52. The molecule has 164 valence electrons. The average molecular weight is 444 g/mol. The third-order valence-corrected chi connectivity index (χ3v) is 5.87. The third kappa shape index (κ3) is 5.52. The first-order valence-corrected chi connectivity index (χ1v) is 11.6. The third-order valence-electron chi connectivity index (χ3n) is 5.48. The summed E-state index contributed by atoms with van der Waals surface area (Å²) in [7, 11) is 0. The van der Waals surface area contributed by atoms with Gasteiger partial charge in [-0.15, -0.1) is 12.6 Å². The number of piperidine rings is 1. The second kappa shape index (κ2) is 11.4. The fourth-order valence-electron chi connectivity index (χ4n) is 3.94. The van der Waals surface area contributed by atoms with Gasteiger partial charge in [-0.1, -0.05) is 50.2 Å². The Kier molecular flexibility index (Phi) is 8.35. The lowest BCUT2D eigenvalue weighted by Crippen LogP contribution is -2.47. The molecule has 1 fully saturated rings. The van der Waals surface area contributed by atoms with Crippen LogP contribution < -0.4 is 10.2 Å². The number of carbonyl (C=O) groups is 1. The zero-order chi connectivity index (χ0) is 22.9. The number of hydrogen-bond acceptors (Lipinski definition) is 4. The minimum atomic E-state index is -0.245. The molecule has 0 aliphatic carbocycles. The molecule has 0 spiro atoms. The summed E-state index contributed by atoms with van der Waals surface area (Å²) in [5.41, 5.74) is 4.43. The number of carbonyl (C=O) groups excluding carboxylic acids is 1. The summed E-state index contributed by atoms with van der Waals surface area (Å²) in [6, 6.07) is 25.2. The maximum absolute atomic E-state index is 13.1. The number of thiol groups is 1. The maximum atomic E-state index is 13.1. The largest absolute Gasteiger partial charge is 0.359 e.